The molecule has 0 saturated heterocycles. The van der Waals surface area contributed by atoms with E-state index in [1.807, 2.05) is 15.7 Å². The number of imidazole rings is 1. The molecule has 1 unspecified atom stereocenters. The van der Waals surface area contributed by atoms with E-state index in [4.69, 9.17) is 10.8 Å². The largest absolute Gasteiger partial charge is 0.480 e. The Morgan fingerprint density at radius 1 is 1.67 bits per heavy atom. The first kappa shape index (κ1) is 10.1. The second-order valence-corrected chi connectivity index (χ2v) is 3.60. The Hall–Kier alpha value is -1.40. The van der Waals surface area contributed by atoms with Gasteiger partial charge in [-0.25, -0.2) is 4.98 Å². The Morgan fingerprint density at radius 3 is 3.13 bits per heavy atom. The van der Waals surface area contributed by atoms with Crippen LogP contribution in [-0.2, 0) is 17.9 Å². The van der Waals surface area contributed by atoms with Gasteiger partial charge in [0.1, 0.15) is 11.9 Å². The van der Waals surface area contributed by atoms with E-state index in [1.165, 1.54) is 0 Å². The number of carboxylic acids is 1. The highest BCUT2D eigenvalue weighted by Crippen LogP contribution is 2.12. The van der Waals surface area contributed by atoms with E-state index < -0.39 is 12.0 Å². The van der Waals surface area contributed by atoms with E-state index in [0.717, 1.165) is 12.4 Å². The van der Waals surface area contributed by atoms with Crippen LogP contribution < -0.4 is 5.73 Å². The number of aliphatic carboxylic acids is 1. The molecule has 1 atom stereocenters. The maximum atomic E-state index is 10.9. The van der Waals surface area contributed by atoms with E-state index in [9.17, 15) is 4.79 Å². The molecule has 3 N–H and O–H groups in total. The fraction of sp³-hybridized carbons (Fsp3) is 0.556. The minimum absolute atomic E-state index is 0.135. The molecular weight excluding hydrogens is 196 g/mol. The number of nitrogens with zero attached hydrogens (tertiary/aromatic N) is 3. The first-order chi connectivity index (χ1) is 7.22. The third-order valence-corrected chi connectivity index (χ3v) is 2.72. The SMILES string of the molecule is NCC(C(=O)O)N1CCn2ccnc2C1. The molecule has 0 saturated carbocycles. The van der Waals surface area contributed by atoms with Gasteiger partial charge in [-0.05, 0) is 0 Å². The van der Waals surface area contributed by atoms with Crippen molar-refractivity contribution in [3.8, 4) is 0 Å². The molecule has 0 spiro atoms. The quantitative estimate of drug-likeness (QED) is 0.676. The molecule has 0 amide bonds. The predicted molar refractivity (Wildman–Crippen MR) is 53.1 cm³/mol. The predicted octanol–water partition coefficient (Wildman–Crippen LogP) is -0.889. The molecule has 1 aromatic rings. The second-order valence-electron chi connectivity index (χ2n) is 3.60. The summed E-state index contributed by atoms with van der Waals surface area (Å²) in [7, 11) is 0. The summed E-state index contributed by atoms with van der Waals surface area (Å²) in [5.41, 5.74) is 5.45. The third-order valence-electron chi connectivity index (χ3n) is 2.72. The van der Waals surface area contributed by atoms with Gasteiger partial charge in [0.2, 0.25) is 0 Å². The maximum Gasteiger partial charge on any atom is 0.322 e. The molecule has 1 aliphatic heterocycles. The topological polar surface area (TPSA) is 84.4 Å². The average molecular weight is 210 g/mol. The van der Waals surface area contributed by atoms with Gasteiger partial charge in [0.15, 0.2) is 0 Å². The van der Waals surface area contributed by atoms with Crippen molar-refractivity contribution < 1.29 is 9.90 Å². The van der Waals surface area contributed by atoms with Crippen LogP contribution in [0.1, 0.15) is 5.82 Å². The molecule has 2 rings (SSSR count). The Labute approximate surface area is 87.3 Å². The minimum atomic E-state index is -0.863. The van der Waals surface area contributed by atoms with Gasteiger partial charge in [0.25, 0.3) is 0 Å². The molecule has 2 heterocycles. The van der Waals surface area contributed by atoms with E-state index in [2.05, 4.69) is 4.98 Å². The van der Waals surface area contributed by atoms with E-state index in [1.54, 1.807) is 6.20 Å². The summed E-state index contributed by atoms with van der Waals surface area (Å²) in [6.07, 6.45) is 3.64. The highest BCUT2D eigenvalue weighted by molar-refractivity contribution is 5.73. The monoisotopic (exact) mass is 210 g/mol. The Bertz CT molecular complexity index is 363. The van der Waals surface area contributed by atoms with Crippen molar-refractivity contribution in [3.05, 3.63) is 18.2 Å². The Morgan fingerprint density at radius 2 is 2.47 bits per heavy atom. The van der Waals surface area contributed by atoms with E-state index >= 15 is 0 Å². The fourth-order valence-corrected chi connectivity index (χ4v) is 1.86. The smallest absolute Gasteiger partial charge is 0.322 e. The summed E-state index contributed by atoms with van der Waals surface area (Å²) in [5.74, 6) is 0.0402. The Balaban J connectivity index is 2.11. The number of nitrogens with two attached hydrogens (primary N) is 1. The van der Waals surface area contributed by atoms with Gasteiger partial charge in [-0.1, -0.05) is 0 Å². The van der Waals surface area contributed by atoms with Crippen LogP contribution in [0.25, 0.3) is 0 Å². The lowest BCUT2D eigenvalue weighted by Crippen LogP contribution is -2.49. The van der Waals surface area contributed by atoms with Crippen LogP contribution in [0, 0.1) is 0 Å². The second kappa shape index (κ2) is 4.00. The van der Waals surface area contributed by atoms with Crippen LogP contribution >= 0.6 is 0 Å². The number of carbonyl (C=O) groups is 1. The average Bonchev–Trinajstić information content (AvgIpc) is 2.65. The Kier molecular flexibility index (Phi) is 2.70. The molecular formula is C9H14N4O2. The molecule has 0 fully saturated rings. The van der Waals surface area contributed by atoms with Gasteiger partial charge in [0, 0.05) is 32.0 Å². The molecule has 1 aliphatic rings. The van der Waals surface area contributed by atoms with Crippen molar-refractivity contribution in [2.45, 2.75) is 19.1 Å². The number of hydrogen-bond donors (Lipinski definition) is 2. The van der Waals surface area contributed by atoms with Crippen molar-refractivity contribution in [3.63, 3.8) is 0 Å². The zero-order valence-electron chi connectivity index (χ0n) is 8.33. The van der Waals surface area contributed by atoms with Gasteiger partial charge in [-0.3, -0.25) is 9.69 Å². The van der Waals surface area contributed by atoms with Crippen LogP contribution in [0.2, 0.25) is 0 Å². The molecule has 0 aromatic carbocycles. The lowest BCUT2D eigenvalue weighted by molar-refractivity contribution is -0.143. The van der Waals surface area contributed by atoms with Crippen molar-refractivity contribution in [1.29, 1.82) is 0 Å². The molecule has 0 radical (unpaired) electrons. The van der Waals surface area contributed by atoms with Gasteiger partial charge in [-0.2, -0.15) is 0 Å². The fourth-order valence-electron chi connectivity index (χ4n) is 1.86. The zero-order chi connectivity index (χ0) is 10.8. The van der Waals surface area contributed by atoms with Gasteiger partial charge >= 0.3 is 5.97 Å². The molecule has 0 bridgehead atoms. The molecule has 6 nitrogen and oxygen atoms in total. The first-order valence-corrected chi connectivity index (χ1v) is 4.89. The van der Waals surface area contributed by atoms with Gasteiger partial charge in [0.05, 0.1) is 6.54 Å². The van der Waals surface area contributed by atoms with Crippen LogP contribution in [0.15, 0.2) is 12.4 Å². The normalized spacial score (nSPS) is 18.5. The van der Waals surface area contributed by atoms with Crippen molar-refractivity contribution in [2.75, 3.05) is 13.1 Å². The highest BCUT2D eigenvalue weighted by atomic mass is 16.4. The van der Waals surface area contributed by atoms with Crippen LogP contribution in [-0.4, -0.2) is 44.7 Å². The van der Waals surface area contributed by atoms with Crippen LogP contribution in [0.3, 0.4) is 0 Å². The maximum absolute atomic E-state index is 10.9. The van der Waals surface area contributed by atoms with Gasteiger partial charge in [-0.15, -0.1) is 0 Å². The summed E-state index contributed by atoms with van der Waals surface area (Å²) >= 11 is 0. The molecule has 1 aromatic heterocycles. The number of fused-ring (bicyclic) bond motifs is 1. The molecule has 82 valence electrons. The number of carboxylic acid groups (broad SMARTS) is 1. The molecule has 6 heteroatoms. The van der Waals surface area contributed by atoms with Gasteiger partial charge < -0.3 is 15.4 Å². The summed E-state index contributed by atoms with van der Waals surface area (Å²) in [5, 5.41) is 8.98. The lowest BCUT2D eigenvalue weighted by Gasteiger charge is -2.31. The summed E-state index contributed by atoms with van der Waals surface area (Å²) < 4.78 is 2.03. The lowest BCUT2D eigenvalue weighted by atomic mass is 10.2. The summed E-state index contributed by atoms with van der Waals surface area (Å²) in [6.45, 7) is 2.17. The third kappa shape index (κ3) is 1.86. The van der Waals surface area contributed by atoms with Crippen LogP contribution in [0.5, 0.6) is 0 Å². The number of rotatable bonds is 3. The van der Waals surface area contributed by atoms with E-state index in [-0.39, 0.29) is 6.54 Å². The van der Waals surface area contributed by atoms with Crippen molar-refractivity contribution in [1.82, 2.24) is 14.5 Å². The number of aromatic nitrogens is 2. The summed E-state index contributed by atoms with van der Waals surface area (Å²) in [6, 6.07) is -0.601. The van der Waals surface area contributed by atoms with Crippen molar-refractivity contribution in [2.24, 2.45) is 5.73 Å². The number of hydrogen-bond acceptors (Lipinski definition) is 4. The van der Waals surface area contributed by atoms with Crippen LogP contribution in [0.4, 0.5) is 0 Å². The molecule has 15 heavy (non-hydrogen) atoms. The summed E-state index contributed by atoms with van der Waals surface area (Å²) in [4.78, 5) is 17.0. The van der Waals surface area contributed by atoms with Crippen molar-refractivity contribution >= 4 is 5.97 Å². The zero-order valence-corrected chi connectivity index (χ0v) is 8.33. The first-order valence-electron chi connectivity index (χ1n) is 4.89. The highest BCUT2D eigenvalue weighted by Gasteiger charge is 2.27. The molecule has 0 aliphatic carbocycles. The minimum Gasteiger partial charge on any atom is -0.480 e. The standard InChI is InChI=1S/C9H14N4O2/c10-5-7(9(14)15)13-4-3-12-2-1-11-8(12)6-13/h1-2,7H,3-6,10H2,(H,14,15). The van der Waals surface area contributed by atoms with E-state index in [0.29, 0.717) is 13.1 Å².